The topological polar surface area (TPSA) is 12.0 Å². The fourth-order valence-corrected chi connectivity index (χ4v) is 3.08. The molecule has 2 rings (SSSR count). The average molecular weight is 253 g/mol. The van der Waals surface area contributed by atoms with Gasteiger partial charge in [-0.15, -0.1) is 0 Å². The lowest BCUT2D eigenvalue weighted by Gasteiger charge is -2.29. The van der Waals surface area contributed by atoms with Gasteiger partial charge in [-0.1, -0.05) is 19.8 Å². The lowest BCUT2D eigenvalue weighted by molar-refractivity contribution is 0.279. The summed E-state index contributed by atoms with van der Waals surface area (Å²) in [4.78, 5) is 0. The van der Waals surface area contributed by atoms with Crippen molar-refractivity contribution in [1.29, 1.82) is 0 Å². The van der Waals surface area contributed by atoms with Crippen LogP contribution in [0, 0.1) is 17.0 Å². The monoisotopic (exact) mass is 253 g/mol. The maximum atomic E-state index is 13.2. The molecule has 0 heterocycles. The molecule has 0 amide bonds. The zero-order chi connectivity index (χ0) is 13.0. The van der Waals surface area contributed by atoms with Crippen molar-refractivity contribution in [2.24, 2.45) is 5.41 Å². The van der Waals surface area contributed by atoms with Gasteiger partial charge in [-0.2, -0.15) is 0 Å². The van der Waals surface area contributed by atoms with Gasteiger partial charge in [-0.25, -0.2) is 8.78 Å². The summed E-state index contributed by atoms with van der Waals surface area (Å²) in [5, 5.41) is 3.39. The van der Waals surface area contributed by atoms with Gasteiger partial charge in [-0.05, 0) is 48.9 Å². The predicted molar refractivity (Wildman–Crippen MR) is 69.5 cm³/mol. The zero-order valence-corrected chi connectivity index (χ0v) is 10.9. The van der Waals surface area contributed by atoms with Crippen molar-refractivity contribution < 1.29 is 8.78 Å². The highest BCUT2D eigenvalue weighted by molar-refractivity contribution is 5.20. The Balaban J connectivity index is 2.12. The van der Waals surface area contributed by atoms with Gasteiger partial charge in [0.2, 0.25) is 0 Å². The summed E-state index contributed by atoms with van der Waals surface area (Å²) >= 11 is 0. The first-order valence-electron chi connectivity index (χ1n) is 6.79. The molecular weight excluding hydrogens is 232 g/mol. The van der Waals surface area contributed by atoms with Gasteiger partial charge in [0, 0.05) is 12.6 Å². The molecule has 1 fully saturated rings. The molecule has 0 aliphatic heterocycles. The minimum Gasteiger partial charge on any atom is -0.316 e. The Morgan fingerprint density at radius 3 is 2.28 bits per heavy atom. The summed E-state index contributed by atoms with van der Waals surface area (Å²) in [5.74, 6) is -0.941. The number of hydrogen-bond acceptors (Lipinski definition) is 1. The Labute approximate surface area is 108 Å². The van der Waals surface area contributed by atoms with Gasteiger partial charge in [0.1, 0.15) is 11.6 Å². The van der Waals surface area contributed by atoms with Crippen LogP contribution in [0.1, 0.15) is 38.2 Å². The van der Waals surface area contributed by atoms with Crippen LogP contribution in [0.5, 0.6) is 0 Å². The minimum absolute atomic E-state index is 0.191. The molecule has 0 aromatic heterocycles. The van der Waals surface area contributed by atoms with E-state index >= 15 is 0 Å². The van der Waals surface area contributed by atoms with Gasteiger partial charge in [0.15, 0.2) is 0 Å². The van der Waals surface area contributed by atoms with E-state index in [4.69, 9.17) is 0 Å². The third-order valence-corrected chi connectivity index (χ3v) is 3.92. The highest BCUT2D eigenvalue weighted by Gasteiger charge is 2.33. The quantitative estimate of drug-likeness (QED) is 0.844. The molecule has 1 aliphatic rings. The molecule has 18 heavy (non-hydrogen) atoms. The molecule has 1 aromatic carbocycles. The molecule has 0 unspecified atom stereocenters. The van der Waals surface area contributed by atoms with Gasteiger partial charge < -0.3 is 5.32 Å². The first-order valence-corrected chi connectivity index (χ1v) is 6.79. The van der Waals surface area contributed by atoms with E-state index in [0.29, 0.717) is 0 Å². The maximum absolute atomic E-state index is 13.2. The van der Waals surface area contributed by atoms with Gasteiger partial charge in [0.05, 0.1) is 0 Å². The molecule has 100 valence electrons. The fourth-order valence-electron chi connectivity index (χ4n) is 3.08. The molecule has 0 saturated heterocycles. The Hall–Kier alpha value is -0.960. The lowest BCUT2D eigenvalue weighted by atomic mass is 9.80. The number of benzene rings is 1. The van der Waals surface area contributed by atoms with Gasteiger partial charge >= 0.3 is 0 Å². The summed E-state index contributed by atoms with van der Waals surface area (Å²) in [7, 11) is 0. The maximum Gasteiger partial charge on any atom is 0.126 e. The largest absolute Gasteiger partial charge is 0.316 e. The van der Waals surface area contributed by atoms with Crippen LogP contribution >= 0.6 is 0 Å². The third kappa shape index (κ3) is 3.29. The van der Waals surface area contributed by atoms with Gasteiger partial charge in [0.25, 0.3) is 0 Å². The number of hydrogen-bond donors (Lipinski definition) is 1. The van der Waals surface area contributed by atoms with Crippen molar-refractivity contribution in [3.63, 3.8) is 0 Å². The average Bonchev–Trinajstić information content (AvgIpc) is 2.74. The molecule has 0 spiro atoms. The van der Waals surface area contributed by atoms with Crippen LogP contribution in [0.25, 0.3) is 0 Å². The molecule has 0 atom stereocenters. The normalized spacial score (nSPS) is 18.2. The summed E-state index contributed by atoms with van der Waals surface area (Å²) in [6, 6.07) is 3.87. The van der Waals surface area contributed by atoms with E-state index in [9.17, 15) is 8.78 Å². The van der Waals surface area contributed by atoms with Crippen LogP contribution in [0.2, 0.25) is 0 Å². The predicted octanol–water partition coefficient (Wildman–Crippen LogP) is 3.68. The molecule has 0 bridgehead atoms. The second-order valence-electron chi connectivity index (χ2n) is 5.44. The van der Waals surface area contributed by atoms with Crippen LogP contribution in [0.4, 0.5) is 8.78 Å². The van der Waals surface area contributed by atoms with Crippen LogP contribution in [-0.2, 0) is 6.42 Å². The first kappa shape index (κ1) is 13.5. The smallest absolute Gasteiger partial charge is 0.126 e. The summed E-state index contributed by atoms with van der Waals surface area (Å²) in [6.45, 7) is 3.98. The van der Waals surface area contributed by atoms with Crippen LogP contribution in [-0.4, -0.2) is 13.1 Å². The Kier molecular flexibility index (Phi) is 4.33. The minimum atomic E-state index is -0.471. The Morgan fingerprint density at radius 2 is 1.72 bits per heavy atom. The lowest BCUT2D eigenvalue weighted by Crippen LogP contribution is -2.34. The molecule has 0 radical (unpaired) electrons. The third-order valence-electron chi connectivity index (χ3n) is 3.92. The van der Waals surface area contributed by atoms with Crippen molar-refractivity contribution in [2.45, 2.75) is 39.0 Å². The zero-order valence-electron chi connectivity index (χ0n) is 10.9. The van der Waals surface area contributed by atoms with E-state index in [1.54, 1.807) is 0 Å². The van der Waals surface area contributed by atoms with Crippen molar-refractivity contribution >= 4 is 0 Å². The molecule has 1 nitrogen and oxygen atoms in total. The molecule has 1 aromatic rings. The standard InChI is InChI=1S/C15H21F2N/c1-2-18-11-15(5-3-4-6-15)10-12-7-13(16)9-14(17)8-12/h7-9,18H,2-6,10-11H2,1H3. The van der Waals surface area contributed by atoms with Crippen molar-refractivity contribution in [3.05, 3.63) is 35.4 Å². The summed E-state index contributed by atoms with van der Waals surface area (Å²) in [6.07, 6.45) is 5.53. The van der Waals surface area contributed by atoms with Crippen molar-refractivity contribution in [2.75, 3.05) is 13.1 Å². The number of nitrogens with one attached hydrogen (secondary N) is 1. The van der Waals surface area contributed by atoms with E-state index in [0.717, 1.165) is 44.0 Å². The fraction of sp³-hybridized carbons (Fsp3) is 0.600. The molecule has 3 heteroatoms. The van der Waals surface area contributed by atoms with Crippen molar-refractivity contribution in [1.82, 2.24) is 5.32 Å². The van der Waals surface area contributed by atoms with Crippen LogP contribution in [0.15, 0.2) is 18.2 Å². The molecule has 1 saturated carbocycles. The van der Waals surface area contributed by atoms with Crippen LogP contribution in [0.3, 0.4) is 0 Å². The number of rotatable bonds is 5. The first-order chi connectivity index (χ1) is 8.63. The summed E-state index contributed by atoms with van der Waals surface area (Å²) < 4.78 is 26.4. The Bertz CT molecular complexity index is 377. The second kappa shape index (κ2) is 5.79. The van der Waals surface area contributed by atoms with Crippen molar-refractivity contribution in [3.8, 4) is 0 Å². The second-order valence-corrected chi connectivity index (χ2v) is 5.44. The highest BCUT2D eigenvalue weighted by Crippen LogP contribution is 2.40. The molecule has 1 N–H and O–H groups in total. The van der Waals surface area contributed by atoms with E-state index in [-0.39, 0.29) is 5.41 Å². The molecule has 1 aliphatic carbocycles. The Morgan fingerprint density at radius 1 is 1.11 bits per heavy atom. The van der Waals surface area contributed by atoms with Crippen LogP contribution < -0.4 is 5.32 Å². The SMILES string of the molecule is CCNCC1(Cc2cc(F)cc(F)c2)CCCC1. The summed E-state index contributed by atoms with van der Waals surface area (Å²) in [5.41, 5.74) is 0.975. The van der Waals surface area contributed by atoms with E-state index < -0.39 is 11.6 Å². The van der Waals surface area contributed by atoms with E-state index in [1.165, 1.54) is 25.0 Å². The number of halogens is 2. The highest BCUT2D eigenvalue weighted by atomic mass is 19.1. The van der Waals surface area contributed by atoms with E-state index in [1.807, 2.05) is 0 Å². The van der Waals surface area contributed by atoms with Gasteiger partial charge in [-0.3, -0.25) is 0 Å². The van der Waals surface area contributed by atoms with E-state index in [2.05, 4.69) is 12.2 Å². The molecular formula is C15H21F2N.